The molecule has 4 rings (SSSR count). The fourth-order valence-corrected chi connectivity index (χ4v) is 2.88. The second-order valence-corrected chi connectivity index (χ2v) is 5.19. The first-order valence-electron chi connectivity index (χ1n) is 7.01. The van der Waals surface area contributed by atoms with Crippen molar-refractivity contribution >= 4 is 21.9 Å². The van der Waals surface area contributed by atoms with Crippen molar-refractivity contribution in [3.63, 3.8) is 0 Å². The second kappa shape index (κ2) is 4.68. The molecule has 0 saturated heterocycles. The molecule has 0 bridgehead atoms. The van der Waals surface area contributed by atoms with Crippen LogP contribution in [0.25, 0.3) is 33.2 Å². The molecular weight excluding hydrogens is 272 g/mol. The molecule has 0 unspecified atom stereocenters. The van der Waals surface area contributed by atoms with Crippen molar-refractivity contribution in [3.05, 3.63) is 59.9 Å². The lowest BCUT2D eigenvalue weighted by atomic mass is 9.98. The maximum atomic E-state index is 9.63. The molecule has 4 aromatic rings. The zero-order valence-electron chi connectivity index (χ0n) is 12.0. The Hall–Kier alpha value is -3.19. The number of pyridine rings is 2. The Balaban J connectivity index is 2.15. The number of H-pyrrole nitrogens is 1. The molecule has 1 N–H and O–H groups in total. The number of nitrogens with zero attached hydrogens (tertiary/aromatic N) is 3. The third-order valence-electron chi connectivity index (χ3n) is 3.98. The Labute approximate surface area is 127 Å². The van der Waals surface area contributed by atoms with E-state index in [0.717, 1.165) is 33.1 Å². The van der Waals surface area contributed by atoms with Gasteiger partial charge in [0.25, 0.3) is 0 Å². The standard InChI is InChI=1S/C18H12N4/c1-11-12-4-2-3-5-16(12)22-17(15(11)10-19)13-6-8-20-18-14(13)7-9-21-18/h2-9H,1H3,(H,20,21). The molecule has 0 spiro atoms. The predicted molar refractivity (Wildman–Crippen MR) is 86.3 cm³/mol. The van der Waals surface area contributed by atoms with Crippen molar-refractivity contribution in [2.24, 2.45) is 0 Å². The summed E-state index contributed by atoms with van der Waals surface area (Å²) in [6.45, 7) is 1.97. The number of aromatic nitrogens is 3. The van der Waals surface area contributed by atoms with Gasteiger partial charge >= 0.3 is 0 Å². The highest BCUT2D eigenvalue weighted by Crippen LogP contribution is 2.32. The van der Waals surface area contributed by atoms with E-state index < -0.39 is 0 Å². The quantitative estimate of drug-likeness (QED) is 0.575. The van der Waals surface area contributed by atoms with Gasteiger partial charge in [-0.3, -0.25) is 0 Å². The van der Waals surface area contributed by atoms with Gasteiger partial charge in [0.05, 0.1) is 16.8 Å². The van der Waals surface area contributed by atoms with E-state index in [-0.39, 0.29) is 0 Å². The van der Waals surface area contributed by atoms with Crippen molar-refractivity contribution in [1.29, 1.82) is 5.26 Å². The van der Waals surface area contributed by atoms with Gasteiger partial charge in [0.1, 0.15) is 11.7 Å². The largest absolute Gasteiger partial charge is 0.346 e. The van der Waals surface area contributed by atoms with Gasteiger partial charge < -0.3 is 4.98 Å². The lowest BCUT2D eigenvalue weighted by Crippen LogP contribution is -1.96. The highest BCUT2D eigenvalue weighted by Gasteiger charge is 2.16. The minimum Gasteiger partial charge on any atom is -0.346 e. The fourth-order valence-electron chi connectivity index (χ4n) is 2.88. The number of nitriles is 1. The molecule has 104 valence electrons. The lowest BCUT2D eigenvalue weighted by Gasteiger charge is -2.10. The number of rotatable bonds is 1. The van der Waals surface area contributed by atoms with E-state index in [2.05, 4.69) is 16.0 Å². The predicted octanol–water partition coefficient (Wildman–Crippen LogP) is 3.96. The first-order chi connectivity index (χ1) is 10.8. The zero-order chi connectivity index (χ0) is 15.1. The Morgan fingerprint density at radius 1 is 1.09 bits per heavy atom. The highest BCUT2D eigenvalue weighted by molar-refractivity contribution is 5.96. The van der Waals surface area contributed by atoms with Crippen LogP contribution in [0.3, 0.4) is 0 Å². The van der Waals surface area contributed by atoms with Crippen LogP contribution in [0.4, 0.5) is 0 Å². The molecule has 4 nitrogen and oxygen atoms in total. The number of hydrogen-bond acceptors (Lipinski definition) is 3. The number of benzene rings is 1. The first kappa shape index (κ1) is 12.5. The molecular formula is C18H12N4. The zero-order valence-corrected chi connectivity index (χ0v) is 12.0. The summed E-state index contributed by atoms with van der Waals surface area (Å²) in [6.07, 6.45) is 3.59. The second-order valence-electron chi connectivity index (χ2n) is 5.19. The van der Waals surface area contributed by atoms with E-state index in [0.29, 0.717) is 11.3 Å². The molecule has 3 heterocycles. The van der Waals surface area contributed by atoms with Gasteiger partial charge in [-0.25, -0.2) is 9.97 Å². The van der Waals surface area contributed by atoms with Crippen LogP contribution in [0.5, 0.6) is 0 Å². The average molecular weight is 284 g/mol. The van der Waals surface area contributed by atoms with Gasteiger partial charge in [-0.15, -0.1) is 0 Å². The van der Waals surface area contributed by atoms with Gasteiger partial charge in [-0.1, -0.05) is 18.2 Å². The molecule has 0 aliphatic carbocycles. The van der Waals surface area contributed by atoms with E-state index in [1.54, 1.807) is 6.20 Å². The third kappa shape index (κ3) is 1.69. The maximum Gasteiger partial charge on any atom is 0.137 e. The van der Waals surface area contributed by atoms with Gasteiger partial charge in [0, 0.05) is 28.7 Å². The normalized spacial score (nSPS) is 10.9. The number of para-hydroxylation sites is 1. The van der Waals surface area contributed by atoms with Crippen molar-refractivity contribution in [1.82, 2.24) is 15.0 Å². The van der Waals surface area contributed by atoms with Gasteiger partial charge in [-0.05, 0) is 30.7 Å². The van der Waals surface area contributed by atoms with Crippen LogP contribution >= 0.6 is 0 Å². The maximum absolute atomic E-state index is 9.63. The Kier molecular flexibility index (Phi) is 2.67. The summed E-state index contributed by atoms with van der Waals surface area (Å²) in [5, 5.41) is 11.6. The smallest absolute Gasteiger partial charge is 0.137 e. The van der Waals surface area contributed by atoms with Gasteiger partial charge in [0.15, 0.2) is 0 Å². The molecule has 0 atom stereocenters. The van der Waals surface area contributed by atoms with Crippen molar-refractivity contribution < 1.29 is 0 Å². The van der Waals surface area contributed by atoms with Crippen LogP contribution in [0.15, 0.2) is 48.8 Å². The summed E-state index contributed by atoms with van der Waals surface area (Å²) in [6, 6.07) is 14.1. The van der Waals surface area contributed by atoms with Crippen LogP contribution < -0.4 is 0 Å². The third-order valence-corrected chi connectivity index (χ3v) is 3.98. The molecule has 0 radical (unpaired) electrons. The molecule has 22 heavy (non-hydrogen) atoms. The SMILES string of the molecule is Cc1c(C#N)c(-c2ccnc3[nH]ccc23)nc2ccccc12. The fraction of sp³-hybridized carbons (Fsp3) is 0.0556. The summed E-state index contributed by atoms with van der Waals surface area (Å²) in [5.74, 6) is 0. The Morgan fingerprint density at radius 2 is 1.95 bits per heavy atom. The molecule has 0 saturated carbocycles. The minimum absolute atomic E-state index is 0.618. The molecule has 1 aromatic carbocycles. The Bertz CT molecular complexity index is 1050. The number of hydrogen-bond donors (Lipinski definition) is 1. The van der Waals surface area contributed by atoms with E-state index in [1.807, 2.05) is 49.5 Å². The Morgan fingerprint density at radius 3 is 2.82 bits per heavy atom. The minimum atomic E-state index is 0.618. The molecule has 3 aromatic heterocycles. The van der Waals surface area contributed by atoms with Crippen LogP contribution in [-0.2, 0) is 0 Å². The number of nitrogens with one attached hydrogen (secondary N) is 1. The topological polar surface area (TPSA) is 65.4 Å². The van der Waals surface area contributed by atoms with Crippen LogP contribution in [0, 0.1) is 18.3 Å². The summed E-state index contributed by atoms with van der Waals surface area (Å²) in [7, 11) is 0. The lowest BCUT2D eigenvalue weighted by molar-refractivity contribution is 1.30. The molecule has 0 aliphatic heterocycles. The van der Waals surface area contributed by atoms with Crippen LogP contribution in [-0.4, -0.2) is 15.0 Å². The highest BCUT2D eigenvalue weighted by atomic mass is 14.8. The number of aromatic amines is 1. The van der Waals surface area contributed by atoms with Crippen LogP contribution in [0.1, 0.15) is 11.1 Å². The number of aryl methyl sites for hydroxylation is 1. The van der Waals surface area contributed by atoms with Crippen molar-refractivity contribution in [2.75, 3.05) is 0 Å². The van der Waals surface area contributed by atoms with E-state index in [9.17, 15) is 5.26 Å². The summed E-state index contributed by atoms with van der Waals surface area (Å²) < 4.78 is 0. The molecule has 0 aliphatic rings. The monoisotopic (exact) mass is 284 g/mol. The molecule has 4 heteroatoms. The molecule has 0 fully saturated rings. The van der Waals surface area contributed by atoms with Gasteiger partial charge in [0.2, 0.25) is 0 Å². The molecule has 0 amide bonds. The summed E-state index contributed by atoms with van der Waals surface area (Å²) in [5.41, 5.74) is 4.92. The van der Waals surface area contributed by atoms with Crippen LogP contribution in [0.2, 0.25) is 0 Å². The first-order valence-corrected chi connectivity index (χ1v) is 7.01. The van der Waals surface area contributed by atoms with E-state index >= 15 is 0 Å². The number of fused-ring (bicyclic) bond motifs is 2. The summed E-state index contributed by atoms with van der Waals surface area (Å²) in [4.78, 5) is 12.1. The van der Waals surface area contributed by atoms with E-state index in [4.69, 9.17) is 4.98 Å². The van der Waals surface area contributed by atoms with Crippen molar-refractivity contribution in [2.45, 2.75) is 6.92 Å². The van der Waals surface area contributed by atoms with E-state index in [1.165, 1.54) is 0 Å². The average Bonchev–Trinajstić information content (AvgIpc) is 3.03. The van der Waals surface area contributed by atoms with Crippen molar-refractivity contribution in [3.8, 4) is 17.3 Å². The summed E-state index contributed by atoms with van der Waals surface area (Å²) >= 11 is 0. The van der Waals surface area contributed by atoms with Gasteiger partial charge in [-0.2, -0.15) is 5.26 Å².